The normalized spacial score (nSPS) is 22.2. The van der Waals surface area contributed by atoms with Crippen molar-refractivity contribution in [2.75, 3.05) is 7.11 Å². The average Bonchev–Trinajstić information content (AvgIpc) is 1.78. The minimum Gasteiger partial charge on any atom is -0.366 e. The summed E-state index contributed by atoms with van der Waals surface area (Å²) in [6, 6.07) is 2.13. The smallest absolute Gasteiger partial charge is 0.146 e. The maximum Gasteiger partial charge on any atom is 0.146 e. The van der Waals surface area contributed by atoms with Crippen LogP contribution in [0.15, 0.2) is 0 Å². The van der Waals surface area contributed by atoms with Gasteiger partial charge in [0.25, 0.3) is 0 Å². The van der Waals surface area contributed by atoms with Crippen molar-refractivity contribution in [1.29, 1.82) is 5.26 Å². The quantitative estimate of drug-likeness (QED) is 0.557. The Morgan fingerprint density at radius 3 is 2.44 bits per heavy atom. The first-order valence-corrected chi connectivity index (χ1v) is 3.31. The molecule has 0 saturated heterocycles. The van der Waals surface area contributed by atoms with Crippen molar-refractivity contribution < 1.29 is 4.74 Å². The van der Waals surface area contributed by atoms with Gasteiger partial charge in [-0.2, -0.15) is 5.26 Å². The van der Waals surface area contributed by atoms with Crippen molar-refractivity contribution in [3.63, 3.8) is 0 Å². The fourth-order valence-corrected chi connectivity index (χ4v) is 1.09. The third-order valence-corrected chi connectivity index (χ3v) is 1.96. The van der Waals surface area contributed by atoms with Crippen LogP contribution in [0.4, 0.5) is 0 Å². The van der Waals surface area contributed by atoms with Crippen molar-refractivity contribution in [3.05, 3.63) is 0 Å². The van der Waals surface area contributed by atoms with Gasteiger partial charge in [0.15, 0.2) is 0 Å². The summed E-state index contributed by atoms with van der Waals surface area (Å²) in [5, 5.41) is 8.49. The van der Waals surface area contributed by atoms with Crippen molar-refractivity contribution in [2.45, 2.75) is 25.4 Å². The summed E-state index contributed by atoms with van der Waals surface area (Å²) in [5.74, 6) is 0.528. The van der Waals surface area contributed by atoms with Crippen molar-refractivity contribution in [3.8, 4) is 6.07 Å². The van der Waals surface area contributed by atoms with Gasteiger partial charge in [-0.15, -0.1) is 0 Å². The topological polar surface area (TPSA) is 33.0 Å². The second-order valence-electron chi connectivity index (χ2n) is 2.48. The van der Waals surface area contributed by atoms with E-state index < -0.39 is 0 Å². The highest BCUT2D eigenvalue weighted by Crippen LogP contribution is 2.30. The van der Waals surface area contributed by atoms with Gasteiger partial charge in [-0.25, -0.2) is 0 Å². The highest BCUT2D eigenvalue weighted by atomic mass is 16.5. The molecule has 1 fully saturated rings. The van der Waals surface area contributed by atoms with Crippen LogP contribution in [0.3, 0.4) is 0 Å². The average molecular weight is 125 g/mol. The first-order chi connectivity index (χ1) is 4.38. The molecule has 0 aromatic heterocycles. The zero-order chi connectivity index (χ0) is 6.69. The van der Waals surface area contributed by atoms with Crippen molar-refractivity contribution in [1.82, 2.24) is 0 Å². The lowest BCUT2D eigenvalue weighted by Crippen LogP contribution is -2.26. The van der Waals surface area contributed by atoms with E-state index in [-0.39, 0.29) is 6.10 Å². The van der Waals surface area contributed by atoms with E-state index in [1.807, 2.05) is 0 Å². The predicted molar refractivity (Wildman–Crippen MR) is 33.8 cm³/mol. The molecule has 1 atom stereocenters. The minimum atomic E-state index is -0.140. The number of rotatable bonds is 2. The molecule has 0 heterocycles. The monoisotopic (exact) mass is 125 g/mol. The summed E-state index contributed by atoms with van der Waals surface area (Å²) in [5.41, 5.74) is 0. The van der Waals surface area contributed by atoms with Gasteiger partial charge in [-0.05, 0) is 18.8 Å². The molecule has 1 unspecified atom stereocenters. The summed E-state index contributed by atoms with van der Waals surface area (Å²) < 4.78 is 4.94. The molecule has 0 spiro atoms. The first kappa shape index (κ1) is 6.57. The molecule has 0 aromatic rings. The van der Waals surface area contributed by atoms with E-state index in [4.69, 9.17) is 10.00 Å². The van der Waals surface area contributed by atoms with Crippen LogP contribution in [0.25, 0.3) is 0 Å². The molecule has 1 rings (SSSR count). The molecule has 0 amide bonds. The molecule has 0 N–H and O–H groups in total. The Labute approximate surface area is 55.4 Å². The highest BCUT2D eigenvalue weighted by molar-refractivity contribution is 4.92. The highest BCUT2D eigenvalue weighted by Gasteiger charge is 2.26. The molecule has 1 aliphatic rings. The van der Waals surface area contributed by atoms with Gasteiger partial charge in [0.2, 0.25) is 0 Å². The second kappa shape index (κ2) is 2.84. The number of nitrogens with zero attached hydrogens (tertiary/aromatic N) is 1. The molecule has 0 radical (unpaired) electrons. The summed E-state index contributed by atoms with van der Waals surface area (Å²) in [6.45, 7) is 0. The van der Waals surface area contributed by atoms with Crippen molar-refractivity contribution in [2.24, 2.45) is 5.92 Å². The van der Waals surface area contributed by atoms with E-state index >= 15 is 0 Å². The van der Waals surface area contributed by atoms with Crippen LogP contribution in [0.5, 0.6) is 0 Å². The number of hydrogen-bond acceptors (Lipinski definition) is 2. The number of ether oxygens (including phenoxy) is 1. The molecule has 9 heavy (non-hydrogen) atoms. The molecular formula is C7H11NO. The number of methoxy groups -OCH3 is 1. The number of nitriles is 1. The van der Waals surface area contributed by atoms with Gasteiger partial charge in [0, 0.05) is 7.11 Å². The van der Waals surface area contributed by atoms with Crippen LogP contribution in [-0.4, -0.2) is 13.2 Å². The fourth-order valence-electron chi connectivity index (χ4n) is 1.09. The molecule has 50 valence electrons. The Morgan fingerprint density at radius 1 is 1.67 bits per heavy atom. The van der Waals surface area contributed by atoms with E-state index in [0.29, 0.717) is 5.92 Å². The lowest BCUT2D eigenvalue weighted by molar-refractivity contribution is 0.0590. The van der Waals surface area contributed by atoms with E-state index in [9.17, 15) is 0 Å². The first-order valence-electron chi connectivity index (χ1n) is 3.31. The maximum absolute atomic E-state index is 8.49. The van der Waals surface area contributed by atoms with Gasteiger partial charge in [-0.1, -0.05) is 6.42 Å². The zero-order valence-electron chi connectivity index (χ0n) is 5.63. The largest absolute Gasteiger partial charge is 0.366 e. The lowest BCUT2D eigenvalue weighted by Gasteiger charge is -2.28. The van der Waals surface area contributed by atoms with Crippen molar-refractivity contribution >= 4 is 0 Å². The van der Waals surface area contributed by atoms with Crippen LogP contribution in [0, 0.1) is 17.2 Å². The zero-order valence-corrected chi connectivity index (χ0v) is 5.63. The Bertz CT molecular complexity index is 123. The van der Waals surface area contributed by atoms with Crippen LogP contribution in [0.2, 0.25) is 0 Å². The lowest BCUT2D eigenvalue weighted by atomic mass is 9.81. The molecule has 0 aliphatic heterocycles. The van der Waals surface area contributed by atoms with Gasteiger partial charge in [0.1, 0.15) is 6.10 Å². The standard InChI is InChI=1S/C7H11NO/c1-9-7(5-8)6-3-2-4-6/h6-7H,2-4H2,1H3. The van der Waals surface area contributed by atoms with Crippen LogP contribution >= 0.6 is 0 Å². The van der Waals surface area contributed by atoms with E-state index in [1.54, 1.807) is 7.11 Å². The molecule has 1 saturated carbocycles. The van der Waals surface area contributed by atoms with Gasteiger partial charge in [-0.3, -0.25) is 0 Å². The van der Waals surface area contributed by atoms with Crippen LogP contribution in [0.1, 0.15) is 19.3 Å². The fraction of sp³-hybridized carbons (Fsp3) is 0.857. The van der Waals surface area contributed by atoms with Crippen LogP contribution in [-0.2, 0) is 4.74 Å². The maximum atomic E-state index is 8.49. The molecule has 2 heteroatoms. The molecule has 0 bridgehead atoms. The third-order valence-electron chi connectivity index (χ3n) is 1.96. The van der Waals surface area contributed by atoms with Gasteiger partial charge in [0.05, 0.1) is 6.07 Å². The van der Waals surface area contributed by atoms with E-state index in [0.717, 1.165) is 0 Å². The third kappa shape index (κ3) is 1.22. The van der Waals surface area contributed by atoms with Gasteiger partial charge < -0.3 is 4.74 Å². The Kier molecular flexibility index (Phi) is 2.07. The van der Waals surface area contributed by atoms with Gasteiger partial charge >= 0.3 is 0 Å². The Morgan fingerprint density at radius 2 is 2.33 bits per heavy atom. The predicted octanol–water partition coefficient (Wildman–Crippen LogP) is 1.33. The second-order valence-corrected chi connectivity index (χ2v) is 2.48. The summed E-state index contributed by atoms with van der Waals surface area (Å²) in [7, 11) is 1.60. The molecule has 1 aliphatic carbocycles. The number of hydrogen-bond donors (Lipinski definition) is 0. The molecule has 2 nitrogen and oxygen atoms in total. The molecular weight excluding hydrogens is 114 g/mol. The Hall–Kier alpha value is -0.550. The SMILES string of the molecule is COC(C#N)C1CCC1. The summed E-state index contributed by atoms with van der Waals surface area (Å²) >= 11 is 0. The molecule has 0 aromatic carbocycles. The summed E-state index contributed by atoms with van der Waals surface area (Å²) in [6.07, 6.45) is 3.48. The van der Waals surface area contributed by atoms with E-state index in [1.165, 1.54) is 19.3 Å². The summed E-state index contributed by atoms with van der Waals surface area (Å²) in [4.78, 5) is 0. The van der Waals surface area contributed by atoms with E-state index in [2.05, 4.69) is 6.07 Å². The minimum absolute atomic E-state index is 0.140. The Balaban J connectivity index is 2.30. The van der Waals surface area contributed by atoms with Crippen LogP contribution < -0.4 is 0 Å².